The van der Waals surface area contributed by atoms with E-state index in [4.69, 9.17) is 16.3 Å². The topological polar surface area (TPSA) is 112 Å². The van der Waals surface area contributed by atoms with Crippen molar-refractivity contribution in [3.8, 4) is 5.75 Å². The number of thioether (sulfide) groups is 1. The fourth-order valence-electron chi connectivity index (χ4n) is 2.82. The van der Waals surface area contributed by atoms with Gasteiger partial charge in [-0.05, 0) is 37.3 Å². The summed E-state index contributed by atoms with van der Waals surface area (Å²) in [7, 11) is 0. The van der Waals surface area contributed by atoms with E-state index in [1.54, 1.807) is 6.08 Å². The van der Waals surface area contributed by atoms with Crippen LogP contribution in [0.3, 0.4) is 0 Å². The van der Waals surface area contributed by atoms with Crippen LogP contribution in [0.25, 0.3) is 0 Å². The molecule has 9 nitrogen and oxygen atoms in total. The van der Waals surface area contributed by atoms with Crippen LogP contribution < -0.4 is 10.1 Å². The molecule has 0 aliphatic heterocycles. The molecular formula is C21H19BrClN5O4S. The maximum atomic E-state index is 12.4. The summed E-state index contributed by atoms with van der Waals surface area (Å²) in [6, 6.07) is 11.3. The number of hydrogen-bond donors (Lipinski definition) is 1. The number of halogens is 2. The zero-order valence-corrected chi connectivity index (χ0v) is 20.6. The molecule has 1 atom stereocenters. The third-order valence-electron chi connectivity index (χ3n) is 4.31. The van der Waals surface area contributed by atoms with Crippen LogP contribution in [0.1, 0.15) is 18.9 Å². The van der Waals surface area contributed by atoms with Gasteiger partial charge in [0.2, 0.25) is 5.91 Å². The molecule has 1 N–H and O–H groups in total. The first-order valence-electron chi connectivity index (χ1n) is 9.61. The average molecular weight is 553 g/mol. The van der Waals surface area contributed by atoms with Crippen molar-refractivity contribution in [2.24, 2.45) is 0 Å². The number of non-ortho nitro benzene ring substituents is 1. The molecule has 1 heterocycles. The highest BCUT2D eigenvalue weighted by atomic mass is 79.9. The lowest BCUT2D eigenvalue weighted by atomic mass is 10.3. The number of nitro benzene ring substituents is 1. The van der Waals surface area contributed by atoms with Gasteiger partial charge in [-0.3, -0.25) is 19.5 Å². The number of hydrogen-bond acceptors (Lipinski definition) is 7. The van der Waals surface area contributed by atoms with E-state index in [0.29, 0.717) is 23.3 Å². The predicted molar refractivity (Wildman–Crippen MR) is 131 cm³/mol. The highest BCUT2D eigenvalue weighted by Gasteiger charge is 2.20. The average Bonchev–Trinajstić information content (AvgIpc) is 3.18. The van der Waals surface area contributed by atoms with E-state index in [9.17, 15) is 14.9 Å². The van der Waals surface area contributed by atoms with Crippen LogP contribution in [-0.4, -0.2) is 31.3 Å². The lowest BCUT2D eigenvalue weighted by Crippen LogP contribution is -2.16. The number of nitrogens with zero attached hydrogens (tertiary/aromatic N) is 4. The highest BCUT2D eigenvalue weighted by Crippen LogP contribution is 2.28. The van der Waals surface area contributed by atoms with Gasteiger partial charge in [0.25, 0.3) is 5.69 Å². The number of rotatable bonds is 10. The molecule has 3 aromatic rings. The number of carbonyl (C=O) groups excluding carboxylic acids is 1. The maximum absolute atomic E-state index is 12.4. The van der Waals surface area contributed by atoms with Crippen LogP contribution in [0.15, 0.2) is 64.7 Å². The van der Waals surface area contributed by atoms with Crippen LogP contribution in [-0.2, 0) is 11.3 Å². The van der Waals surface area contributed by atoms with Crippen LogP contribution in [0.4, 0.5) is 11.4 Å². The van der Waals surface area contributed by atoms with Crippen molar-refractivity contribution in [2.45, 2.75) is 24.7 Å². The number of aromatic nitrogens is 3. The molecule has 33 heavy (non-hydrogen) atoms. The molecule has 1 aromatic heterocycles. The first-order valence-corrected chi connectivity index (χ1v) is 11.8. The largest absolute Gasteiger partial charge is 0.483 e. The molecule has 0 bridgehead atoms. The second-order valence-corrected chi connectivity index (χ2v) is 8.98. The molecule has 0 fully saturated rings. The van der Waals surface area contributed by atoms with E-state index in [0.717, 1.165) is 4.47 Å². The quantitative estimate of drug-likeness (QED) is 0.149. The minimum atomic E-state index is -0.558. The molecule has 0 aliphatic rings. The van der Waals surface area contributed by atoms with Gasteiger partial charge in [-0.2, -0.15) is 0 Å². The van der Waals surface area contributed by atoms with Gasteiger partial charge in [-0.25, -0.2) is 0 Å². The van der Waals surface area contributed by atoms with E-state index in [1.807, 2.05) is 35.8 Å². The Labute approximate surface area is 207 Å². The summed E-state index contributed by atoms with van der Waals surface area (Å²) in [5, 5.41) is 22.7. The molecule has 0 radical (unpaired) electrons. The van der Waals surface area contributed by atoms with Crippen molar-refractivity contribution < 1.29 is 14.5 Å². The lowest BCUT2D eigenvalue weighted by molar-refractivity contribution is -0.384. The molecule has 0 aliphatic carbocycles. The summed E-state index contributed by atoms with van der Waals surface area (Å²) >= 11 is 10.6. The minimum absolute atomic E-state index is 0.00372. The van der Waals surface area contributed by atoms with Crippen LogP contribution in [0.5, 0.6) is 5.75 Å². The fraction of sp³-hybridized carbons (Fsp3) is 0.190. The summed E-state index contributed by atoms with van der Waals surface area (Å²) in [6.07, 6.45) is 1.30. The Morgan fingerprint density at radius 3 is 2.76 bits per heavy atom. The Morgan fingerprint density at radius 1 is 1.36 bits per heavy atom. The molecule has 12 heteroatoms. The Hall–Kier alpha value is -2.89. The Balaban J connectivity index is 1.68. The molecule has 1 amide bonds. The van der Waals surface area contributed by atoms with Crippen LogP contribution in [0.2, 0.25) is 5.02 Å². The van der Waals surface area contributed by atoms with E-state index >= 15 is 0 Å². The summed E-state index contributed by atoms with van der Waals surface area (Å²) in [4.78, 5) is 22.8. The van der Waals surface area contributed by atoms with Gasteiger partial charge >= 0.3 is 0 Å². The summed E-state index contributed by atoms with van der Waals surface area (Å²) in [5.74, 6) is 0.871. The summed E-state index contributed by atoms with van der Waals surface area (Å²) in [6.45, 7) is 6.06. The normalized spacial score (nSPS) is 11.6. The van der Waals surface area contributed by atoms with Gasteiger partial charge in [-0.15, -0.1) is 16.8 Å². The van der Waals surface area contributed by atoms with E-state index in [-0.39, 0.29) is 22.2 Å². The summed E-state index contributed by atoms with van der Waals surface area (Å²) in [5.41, 5.74) is -0.00119. The first-order chi connectivity index (χ1) is 15.8. The number of allylic oxidation sites excluding steroid dienone is 1. The second kappa shape index (κ2) is 11.3. The minimum Gasteiger partial charge on any atom is -0.483 e. The van der Waals surface area contributed by atoms with Crippen molar-refractivity contribution in [1.29, 1.82) is 0 Å². The van der Waals surface area contributed by atoms with Crippen molar-refractivity contribution in [3.05, 3.63) is 80.6 Å². The number of carbonyl (C=O) groups is 1. The van der Waals surface area contributed by atoms with Gasteiger partial charge in [0.05, 0.1) is 21.4 Å². The first kappa shape index (κ1) is 24.7. The number of ether oxygens (including phenoxy) is 1. The van der Waals surface area contributed by atoms with Crippen molar-refractivity contribution in [2.75, 3.05) is 11.1 Å². The lowest BCUT2D eigenvalue weighted by Gasteiger charge is -2.15. The van der Waals surface area contributed by atoms with Crippen LogP contribution in [0, 0.1) is 10.1 Å². The van der Waals surface area contributed by atoms with Gasteiger partial charge in [0.1, 0.15) is 5.75 Å². The number of nitro groups is 1. The van der Waals surface area contributed by atoms with E-state index < -0.39 is 16.9 Å². The Morgan fingerprint density at radius 2 is 2.09 bits per heavy atom. The number of amides is 1. The molecule has 0 saturated heterocycles. The predicted octanol–water partition coefficient (Wildman–Crippen LogP) is 5.66. The van der Waals surface area contributed by atoms with Crippen molar-refractivity contribution in [1.82, 2.24) is 14.8 Å². The molecule has 3 rings (SSSR count). The third kappa shape index (κ3) is 6.56. The molecule has 0 spiro atoms. The number of anilines is 1. The third-order valence-corrected chi connectivity index (χ3v) is 6.14. The van der Waals surface area contributed by atoms with E-state index in [1.165, 1.54) is 30.0 Å². The van der Waals surface area contributed by atoms with Crippen LogP contribution >= 0.6 is 39.3 Å². The van der Waals surface area contributed by atoms with Gasteiger partial charge < -0.3 is 10.1 Å². The molecular weight excluding hydrogens is 534 g/mol. The zero-order valence-electron chi connectivity index (χ0n) is 17.4. The number of nitrogens with one attached hydrogen (secondary N) is 1. The van der Waals surface area contributed by atoms with Gasteiger partial charge in [-0.1, -0.05) is 45.4 Å². The zero-order chi connectivity index (χ0) is 24.0. The van der Waals surface area contributed by atoms with Gasteiger partial charge in [0, 0.05) is 23.2 Å². The standard InChI is InChI=1S/C21H19BrClN5O4S/c1-3-10-27-20(13(2)32-16-7-4-14(22)5-8-16)25-26-21(27)33-12-19(29)24-18-11-15(28(30)31)6-9-17(18)23/h3-9,11,13H,1,10,12H2,2H3,(H,24,29). The van der Waals surface area contributed by atoms with Crippen molar-refractivity contribution in [3.63, 3.8) is 0 Å². The Kier molecular flexibility index (Phi) is 8.48. The summed E-state index contributed by atoms with van der Waals surface area (Å²) < 4.78 is 8.73. The fourth-order valence-corrected chi connectivity index (χ4v) is 4.00. The molecule has 2 aromatic carbocycles. The second-order valence-electron chi connectivity index (χ2n) is 6.71. The SMILES string of the molecule is C=CCn1c(SCC(=O)Nc2cc([N+](=O)[O-])ccc2Cl)nnc1C(C)Oc1ccc(Br)cc1. The van der Waals surface area contributed by atoms with E-state index in [2.05, 4.69) is 38.0 Å². The number of benzene rings is 2. The Bertz CT molecular complexity index is 1170. The van der Waals surface area contributed by atoms with Crippen molar-refractivity contribution >= 4 is 56.6 Å². The molecule has 1 unspecified atom stereocenters. The molecule has 0 saturated carbocycles. The monoisotopic (exact) mass is 551 g/mol. The molecule has 172 valence electrons. The smallest absolute Gasteiger partial charge is 0.271 e. The highest BCUT2D eigenvalue weighted by molar-refractivity contribution is 9.10. The maximum Gasteiger partial charge on any atom is 0.271 e. The van der Waals surface area contributed by atoms with Gasteiger partial charge in [0.15, 0.2) is 17.1 Å².